The number of nitrogens with one attached hydrogen (secondary N) is 2. The molecule has 1 aromatic carbocycles. The Hall–Kier alpha value is -1.71. The lowest BCUT2D eigenvalue weighted by Crippen LogP contribution is -2.50. The van der Waals surface area contributed by atoms with Crippen molar-refractivity contribution in [2.75, 3.05) is 39.4 Å². The summed E-state index contributed by atoms with van der Waals surface area (Å²) in [6, 6.07) is 6.50. The van der Waals surface area contributed by atoms with Gasteiger partial charge in [-0.05, 0) is 63.8 Å². The van der Waals surface area contributed by atoms with Crippen molar-refractivity contribution in [3.05, 3.63) is 29.3 Å². The number of benzene rings is 1. The van der Waals surface area contributed by atoms with Crippen molar-refractivity contribution < 1.29 is 14.3 Å². The van der Waals surface area contributed by atoms with Gasteiger partial charge in [0.25, 0.3) is 0 Å². The number of aliphatic imine (C=N–C) groups is 1. The van der Waals surface area contributed by atoms with Gasteiger partial charge in [-0.1, -0.05) is 6.07 Å². The van der Waals surface area contributed by atoms with Gasteiger partial charge in [0.05, 0.1) is 13.2 Å². The van der Waals surface area contributed by atoms with Crippen LogP contribution in [-0.2, 0) is 4.74 Å². The maximum absolute atomic E-state index is 11.8. The highest BCUT2D eigenvalue weighted by molar-refractivity contribution is 14.0. The van der Waals surface area contributed by atoms with Crippen LogP contribution >= 0.6 is 24.0 Å². The number of guanidine groups is 1. The number of piperidine rings is 1. The molecular weight excluding hydrogens is 483 g/mol. The molecule has 0 atom stereocenters. The van der Waals surface area contributed by atoms with Gasteiger partial charge in [0, 0.05) is 25.7 Å². The maximum Gasteiger partial charge on any atom is 0.409 e. The van der Waals surface area contributed by atoms with E-state index in [1.165, 1.54) is 11.1 Å². The van der Waals surface area contributed by atoms with Gasteiger partial charge in [-0.3, -0.25) is 0 Å². The van der Waals surface area contributed by atoms with Gasteiger partial charge in [0.2, 0.25) is 0 Å². The summed E-state index contributed by atoms with van der Waals surface area (Å²) in [5.41, 5.74) is 2.39. The number of rotatable bonds is 7. The largest absolute Gasteiger partial charge is 0.492 e. The number of carbonyl (C=O) groups excluding carboxylic acids is 1. The van der Waals surface area contributed by atoms with Gasteiger partial charge in [0.15, 0.2) is 5.96 Å². The Balaban J connectivity index is 0.00000420. The number of hydrogen-bond donors (Lipinski definition) is 2. The number of halogens is 1. The van der Waals surface area contributed by atoms with Crippen molar-refractivity contribution in [2.45, 2.75) is 46.6 Å². The lowest BCUT2D eigenvalue weighted by atomic mass is 10.1. The molecule has 1 aliphatic rings. The molecule has 0 spiro atoms. The van der Waals surface area contributed by atoms with Crippen LogP contribution in [0, 0.1) is 13.8 Å². The standard InChI is InChI=1S/C21H34N4O3.HI/c1-5-22-20(23-9-12-28-19-14-16(3)13-17(4)15-19)24-18-7-10-25(11-8-18)21(26)27-6-2;/h13-15,18H,5-12H2,1-4H3,(H2,22,23,24);1H. The predicted molar refractivity (Wildman–Crippen MR) is 128 cm³/mol. The van der Waals surface area contributed by atoms with E-state index in [4.69, 9.17) is 9.47 Å². The monoisotopic (exact) mass is 518 g/mol. The van der Waals surface area contributed by atoms with Gasteiger partial charge in [-0.2, -0.15) is 0 Å². The van der Waals surface area contributed by atoms with E-state index in [1.807, 2.05) is 26.0 Å². The smallest absolute Gasteiger partial charge is 0.409 e. The molecule has 0 unspecified atom stereocenters. The minimum atomic E-state index is -0.218. The minimum Gasteiger partial charge on any atom is -0.492 e. The van der Waals surface area contributed by atoms with Gasteiger partial charge < -0.3 is 25.0 Å². The Morgan fingerprint density at radius 3 is 2.41 bits per heavy atom. The molecule has 0 aromatic heterocycles. The van der Waals surface area contributed by atoms with Crippen molar-refractivity contribution >= 4 is 36.0 Å². The molecule has 1 fully saturated rings. The van der Waals surface area contributed by atoms with E-state index in [2.05, 4.69) is 35.5 Å². The average molecular weight is 518 g/mol. The Morgan fingerprint density at radius 1 is 1.17 bits per heavy atom. The molecule has 7 nitrogen and oxygen atoms in total. The van der Waals surface area contributed by atoms with E-state index < -0.39 is 0 Å². The zero-order valence-corrected chi connectivity index (χ0v) is 20.3. The van der Waals surface area contributed by atoms with Crippen molar-refractivity contribution in [3.8, 4) is 5.75 Å². The Kier molecular flexibility index (Phi) is 11.8. The van der Waals surface area contributed by atoms with Crippen LogP contribution in [0.25, 0.3) is 0 Å². The fourth-order valence-electron chi connectivity index (χ4n) is 3.27. The first-order valence-corrected chi connectivity index (χ1v) is 10.2. The molecule has 2 N–H and O–H groups in total. The molecule has 0 radical (unpaired) electrons. The fraction of sp³-hybridized carbons (Fsp3) is 0.619. The van der Waals surface area contributed by atoms with E-state index >= 15 is 0 Å². The van der Waals surface area contributed by atoms with Gasteiger partial charge in [0.1, 0.15) is 12.4 Å². The van der Waals surface area contributed by atoms with Crippen LogP contribution in [0.4, 0.5) is 4.79 Å². The van der Waals surface area contributed by atoms with Crippen molar-refractivity contribution in [2.24, 2.45) is 4.99 Å². The molecule has 8 heteroatoms. The topological polar surface area (TPSA) is 75.2 Å². The van der Waals surface area contributed by atoms with E-state index in [0.717, 1.165) is 31.1 Å². The van der Waals surface area contributed by atoms with Crippen molar-refractivity contribution in [1.82, 2.24) is 15.5 Å². The number of aryl methyl sites for hydroxylation is 2. The molecule has 1 aliphatic heterocycles. The second-order valence-corrected chi connectivity index (χ2v) is 7.04. The third-order valence-corrected chi connectivity index (χ3v) is 4.53. The Labute approximate surface area is 191 Å². The molecule has 0 saturated carbocycles. The Bertz CT molecular complexity index is 641. The van der Waals surface area contributed by atoms with Gasteiger partial charge in [-0.25, -0.2) is 9.79 Å². The third-order valence-electron chi connectivity index (χ3n) is 4.53. The highest BCUT2D eigenvalue weighted by atomic mass is 127. The number of ether oxygens (including phenoxy) is 2. The number of nitrogens with zero attached hydrogens (tertiary/aromatic N) is 2. The summed E-state index contributed by atoms with van der Waals surface area (Å²) >= 11 is 0. The van der Waals surface area contributed by atoms with Crippen LogP contribution in [0.5, 0.6) is 5.75 Å². The first kappa shape index (κ1) is 25.3. The third kappa shape index (κ3) is 9.10. The molecule has 1 saturated heterocycles. The predicted octanol–water partition coefficient (Wildman–Crippen LogP) is 3.48. The number of carbonyl (C=O) groups is 1. The van der Waals surface area contributed by atoms with E-state index in [0.29, 0.717) is 38.9 Å². The van der Waals surface area contributed by atoms with Crippen LogP contribution in [0.2, 0.25) is 0 Å². The maximum atomic E-state index is 11.8. The zero-order valence-electron chi connectivity index (χ0n) is 18.0. The van der Waals surface area contributed by atoms with Crippen LogP contribution < -0.4 is 15.4 Å². The summed E-state index contributed by atoms with van der Waals surface area (Å²) in [6.07, 6.45) is 1.54. The lowest BCUT2D eigenvalue weighted by molar-refractivity contribution is 0.0963. The summed E-state index contributed by atoms with van der Waals surface area (Å²) in [6.45, 7) is 11.7. The lowest BCUT2D eigenvalue weighted by Gasteiger charge is -2.32. The fourth-order valence-corrected chi connectivity index (χ4v) is 3.27. The van der Waals surface area contributed by atoms with Gasteiger partial charge in [-0.15, -0.1) is 24.0 Å². The van der Waals surface area contributed by atoms with Crippen LogP contribution in [-0.4, -0.2) is 62.4 Å². The zero-order chi connectivity index (χ0) is 20.4. The van der Waals surface area contributed by atoms with E-state index in [-0.39, 0.29) is 30.1 Å². The average Bonchev–Trinajstić information content (AvgIpc) is 2.65. The van der Waals surface area contributed by atoms with Crippen molar-refractivity contribution in [3.63, 3.8) is 0 Å². The first-order valence-electron chi connectivity index (χ1n) is 10.2. The molecule has 164 valence electrons. The quantitative estimate of drug-likeness (QED) is 0.250. The van der Waals surface area contributed by atoms with Crippen molar-refractivity contribution in [1.29, 1.82) is 0 Å². The highest BCUT2D eigenvalue weighted by Gasteiger charge is 2.23. The molecular formula is C21H35IN4O3. The highest BCUT2D eigenvalue weighted by Crippen LogP contribution is 2.16. The first-order chi connectivity index (χ1) is 13.5. The number of likely N-dealkylation sites (tertiary alicyclic amines) is 1. The molecule has 0 bridgehead atoms. The van der Waals surface area contributed by atoms with E-state index in [9.17, 15) is 4.79 Å². The normalized spacial score (nSPS) is 14.8. The summed E-state index contributed by atoms with van der Waals surface area (Å²) in [5.74, 6) is 1.68. The summed E-state index contributed by atoms with van der Waals surface area (Å²) < 4.78 is 10.9. The van der Waals surface area contributed by atoms with Crippen LogP contribution in [0.1, 0.15) is 37.8 Å². The molecule has 1 aromatic rings. The summed E-state index contributed by atoms with van der Waals surface area (Å²) in [5, 5.41) is 6.75. The molecule has 1 amide bonds. The Morgan fingerprint density at radius 2 is 1.83 bits per heavy atom. The SMILES string of the molecule is CCNC(=NCCOc1cc(C)cc(C)c1)NC1CCN(C(=O)OCC)CC1.I. The second kappa shape index (κ2) is 13.5. The van der Waals surface area contributed by atoms with Crippen LogP contribution in [0.3, 0.4) is 0 Å². The van der Waals surface area contributed by atoms with E-state index in [1.54, 1.807) is 4.90 Å². The molecule has 0 aliphatic carbocycles. The molecule has 1 heterocycles. The van der Waals surface area contributed by atoms with Gasteiger partial charge >= 0.3 is 6.09 Å². The minimum absolute atomic E-state index is 0. The number of hydrogen-bond acceptors (Lipinski definition) is 4. The van der Waals surface area contributed by atoms with Crippen LogP contribution in [0.15, 0.2) is 23.2 Å². The summed E-state index contributed by atoms with van der Waals surface area (Å²) in [4.78, 5) is 18.2. The molecule has 2 rings (SSSR count). The molecule has 29 heavy (non-hydrogen) atoms. The second-order valence-electron chi connectivity index (χ2n) is 7.04. The number of amides is 1. The summed E-state index contributed by atoms with van der Waals surface area (Å²) in [7, 11) is 0.